The number of hydrogen-bond donors (Lipinski definition) is 2. The Hall–Kier alpha value is -5.50. The normalized spacial score (nSPS) is 16.7. The molecule has 1 amide bonds. The van der Waals surface area contributed by atoms with E-state index in [0.29, 0.717) is 48.5 Å². The van der Waals surface area contributed by atoms with E-state index in [-0.39, 0.29) is 17.7 Å². The Morgan fingerprint density at radius 2 is 1.72 bits per heavy atom. The van der Waals surface area contributed by atoms with Crippen molar-refractivity contribution in [2.75, 3.05) is 5.32 Å². The maximum absolute atomic E-state index is 13.8. The molecule has 1 unspecified atom stereocenters. The number of benzene rings is 1. The molecular formula is C35H36N10O. The van der Waals surface area contributed by atoms with Crippen molar-refractivity contribution < 1.29 is 4.79 Å². The zero-order chi connectivity index (χ0) is 31.7. The van der Waals surface area contributed by atoms with E-state index in [1.165, 1.54) is 0 Å². The van der Waals surface area contributed by atoms with Crippen molar-refractivity contribution in [2.24, 2.45) is 18.9 Å². The van der Waals surface area contributed by atoms with Gasteiger partial charge in [-0.3, -0.25) is 14.5 Å². The topological polar surface area (TPSA) is 147 Å². The van der Waals surface area contributed by atoms with Crippen LogP contribution in [0.4, 0.5) is 5.82 Å². The summed E-state index contributed by atoms with van der Waals surface area (Å²) in [5.41, 5.74) is 4.19. The summed E-state index contributed by atoms with van der Waals surface area (Å²) < 4.78 is 1.77. The molecule has 1 aliphatic carbocycles. The van der Waals surface area contributed by atoms with Gasteiger partial charge < -0.3 is 10.6 Å². The van der Waals surface area contributed by atoms with E-state index in [2.05, 4.69) is 36.8 Å². The lowest BCUT2D eigenvalue weighted by Crippen LogP contribution is -2.35. The van der Waals surface area contributed by atoms with Crippen LogP contribution >= 0.6 is 0 Å². The summed E-state index contributed by atoms with van der Waals surface area (Å²) >= 11 is 0. The Morgan fingerprint density at radius 1 is 0.913 bits per heavy atom. The van der Waals surface area contributed by atoms with Crippen LogP contribution in [0.2, 0.25) is 0 Å². The van der Waals surface area contributed by atoms with Gasteiger partial charge in [0.2, 0.25) is 5.91 Å². The molecular weight excluding hydrogens is 576 g/mol. The van der Waals surface area contributed by atoms with Gasteiger partial charge in [0, 0.05) is 55.9 Å². The molecule has 1 aliphatic rings. The SMILES string of the molecule is Cn1cc(-c2ccc(C(C(=O)NCc3ccccc3)C3CCC(Cc4ncc(C#N)c(NCc5ncccn5)n4)CC3)nc2)cn1. The number of aryl methyl sites for hydroxylation is 1. The van der Waals surface area contributed by atoms with Crippen molar-refractivity contribution in [2.45, 2.75) is 51.1 Å². The third kappa shape index (κ3) is 7.58. The summed E-state index contributed by atoms with van der Waals surface area (Å²) in [5.74, 6) is 2.00. The summed E-state index contributed by atoms with van der Waals surface area (Å²) in [6.07, 6.45) is 15.0. The van der Waals surface area contributed by atoms with Crippen molar-refractivity contribution >= 4 is 11.7 Å². The van der Waals surface area contributed by atoms with Crippen molar-refractivity contribution in [1.82, 2.24) is 40.0 Å². The molecule has 11 nitrogen and oxygen atoms in total. The number of amides is 1. The highest BCUT2D eigenvalue weighted by molar-refractivity contribution is 5.83. The van der Waals surface area contributed by atoms with Crippen LogP contribution in [0.25, 0.3) is 11.1 Å². The predicted molar refractivity (Wildman–Crippen MR) is 173 cm³/mol. The molecule has 1 atom stereocenters. The highest BCUT2D eigenvalue weighted by Gasteiger charge is 2.34. The fourth-order valence-corrected chi connectivity index (χ4v) is 6.12. The second-order valence-corrected chi connectivity index (χ2v) is 11.7. The number of carbonyl (C=O) groups excluding carboxylic acids is 1. The third-order valence-corrected chi connectivity index (χ3v) is 8.56. The standard InChI is InChI=1S/C35H36N10O/c1-45-23-29(21-43-45)27-12-13-30(39-19-27)33(35(46)42-18-25-6-3-2-4-7-25)26-10-8-24(9-11-26)16-31-40-20-28(17-36)34(44-31)41-22-32-37-14-5-15-38-32/h2-7,12-15,19-21,23-24,26,33H,8-11,16,18,22H2,1H3,(H,42,46)(H,40,41,44). The highest BCUT2D eigenvalue weighted by atomic mass is 16.1. The first-order valence-corrected chi connectivity index (χ1v) is 15.6. The molecule has 5 aromatic rings. The summed E-state index contributed by atoms with van der Waals surface area (Å²) in [5, 5.41) is 20.2. The van der Waals surface area contributed by atoms with Gasteiger partial charge in [-0.1, -0.05) is 36.4 Å². The molecule has 1 aromatic carbocycles. The minimum atomic E-state index is -0.352. The van der Waals surface area contributed by atoms with Crippen LogP contribution in [0, 0.1) is 23.2 Å². The monoisotopic (exact) mass is 612 g/mol. The van der Waals surface area contributed by atoms with Crippen molar-refractivity contribution in [1.29, 1.82) is 5.26 Å². The molecule has 1 fully saturated rings. The van der Waals surface area contributed by atoms with Gasteiger partial charge in [-0.2, -0.15) is 10.4 Å². The number of hydrogen-bond acceptors (Lipinski definition) is 9. The maximum atomic E-state index is 13.8. The van der Waals surface area contributed by atoms with E-state index < -0.39 is 0 Å². The van der Waals surface area contributed by atoms with E-state index in [1.54, 1.807) is 29.3 Å². The van der Waals surface area contributed by atoms with E-state index in [4.69, 9.17) is 9.97 Å². The minimum Gasteiger partial charge on any atom is -0.362 e. The van der Waals surface area contributed by atoms with Gasteiger partial charge in [0.1, 0.15) is 29.1 Å². The lowest BCUT2D eigenvalue weighted by Gasteiger charge is -2.33. The largest absolute Gasteiger partial charge is 0.362 e. The zero-order valence-electron chi connectivity index (χ0n) is 25.8. The average Bonchev–Trinajstić information content (AvgIpc) is 3.54. The molecule has 6 rings (SSSR count). The van der Waals surface area contributed by atoms with Crippen molar-refractivity contribution in [3.63, 3.8) is 0 Å². The van der Waals surface area contributed by atoms with Gasteiger partial charge in [-0.05, 0) is 55.2 Å². The zero-order valence-corrected chi connectivity index (χ0v) is 25.8. The number of nitriles is 1. The van der Waals surface area contributed by atoms with E-state index in [9.17, 15) is 10.1 Å². The minimum absolute atomic E-state index is 0.00229. The molecule has 2 N–H and O–H groups in total. The third-order valence-electron chi connectivity index (χ3n) is 8.56. The number of rotatable bonds is 11. The lowest BCUT2D eigenvalue weighted by atomic mass is 9.73. The molecule has 4 aromatic heterocycles. The lowest BCUT2D eigenvalue weighted by molar-refractivity contribution is -0.124. The molecule has 0 aliphatic heterocycles. The van der Waals surface area contributed by atoms with Crippen molar-refractivity contribution in [3.8, 4) is 17.2 Å². The Balaban J connectivity index is 1.13. The first-order chi connectivity index (χ1) is 22.6. The highest BCUT2D eigenvalue weighted by Crippen LogP contribution is 2.39. The van der Waals surface area contributed by atoms with E-state index in [0.717, 1.165) is 48.1 Å². The van der Waals surface area contributed by atoms with Crippen LogP contribution in [-0.4, -0.2) is 40.6 Å². The Bertz CT molecular complexity index is 1780. The summed E-state index contributed by atoms with van der Waals surface area (Å²) in [7, 11) is 1.89. The van der Waals surface area contributed by atoms with Gasteiger partial charge in [-0.15, -0.1) is 0 Å². The van der Waals surface area contributed by atoms with Gasteiger partial charge >= 0.3 is 0 Å². The first-order valence-electron chi connectivity index (χ1n) is 15.6. The van der Waals surface area contributed by atoms with Crippen molar-refractivity contribution in [3.05, 3.63) is 114 Å². The van der Waals surface area contributed by atoms with E-state index in [1.807, 2.05) is 68.1 Å². The number of carbonyl (C=O) groups is 1. The Kier molecular flexibility index (Phi) is 9.63. The quantitative estimate of drug-likeness (QED) is 0.210. The number of aromatic nitrogens is 7. The molecule has 11 heteroatoms. The van der Waals surface area contributed by atoms with Crippen LogP contribution in [0.15, 0.2) is 85.7 Å². The van der Waals surface area contributed by atoms with Crippen LogP contribution in [0.1, 0.15) is 60.1 Å². The molecule has 232 valence electrons. The van der Waals surface area contributed by atoms with Crippen LogP contribution in [0.5, 0.6) is 0 Å². The summed E-state index contributed by atoms with van der Waals surface area (Å²) in [4.78, 5) is 36.2. The molecule has 0 radical (unpaired) electrons. The maximum Gasteiger partial charge on any atom is 0.229 e. The second-order valence-electron chi connectivity index (χ2n) is 11.7. The van der Waals surface area contributed by atoms with Gasteiger partial charge in [0.15, 0.2) is 0 Å². The second kappa shape index (κ2) is 14.5. The average molecular weight is 613 g/mol. The number of anilines is 1. The predicted octanol–water partition coefficient (Wildman–Crippen LogP) is 4.99. The van der Waals surface area contributed by atoms with Crippen LogP contribution < -0.4 is 10.6 Å². The Morgan fingerprint density at radius 3 is 2.41 bits per heavy atom. The van der Waals surface area contributed by atoms with E-state index >= 15 is 0 Å². The fourth-order valence-electron chi connectivity index (χ4n) is 6.12. The number of nitrogens with zero attached hydrogens (tertiary/aromatic N) is 8. The smallest absolute Gasteiger partial charge is 0.229 e. The number of nitrogens with one attached hydrogen (secondary N) is 2. The molecule has 0 bridgehead atoms. The Labute approximate surface area is 268 Å². The fraction of sp³-hybridized carbons (Fsp3) is 0.314. The molecule has 0 spiro atoms. The van der Waals surface area contributed by atoms with Crippen LogP contribution in [-0.2, 0) is 31.4 Å². The number of pyridine rings is 1. The molecule has 4 heterocycles. The van der Waals surface area contributed by atoms with Gasteiger partial charge in [0.05, 0.1) is 30.6 Å². The van der Waals surface area contributed by atoms with Gasteiger partial charge in [0.25, 0.3) is 0 Å². The molecule has 46 heavy (non-hydrogen) atoms. The summed E-state index contributed by atoms with van der Waals surface area (Å²) in [6, 6.07) is 17.9. The van der Waals surface area contributed by atoms with Gasteiger partial charge in [-0.25, -0.2) is 19.9 Å². The summed E-state index contributed by atoms with van der Waals surface area (Å²) in [6.45, 7) is 0.837. The molecule has 0 saturated heterocycles. The molecule has 1 saturated carbocycles. The van der Waals surface area contributed by atoms with Crippen LogP contribution in [0.3, 0.4) is 0 Å². The first kappa shape index (κ1) is 30.5.